The largest absolute Gasteiger partial charge is 0.466 e. The Bertz CT molecular complexity index is 519. The molecule has 1 unspecified atom stereocenters. The molecule has 20 heavy (non-hydrogen) atoms. The van der Waals surface area contributed by atoms with Gasteiger partial charge in [-0.3, -0.25) is 0 Å². The van der Waals surface area contributed by atoms with Crippen molar-refractivity contribution in [3.63, 3.8) is 0 Å². The molecule has 0 saturated carbocycles. The Morgan fingerprint density at radius 1 is 1.20 bits per heavy atom. The predicted octanol–water partition coefficient (Wildman–Crippen LogP) is 3.15. The van der Waals surface area contributed by atoms with Crippen LogP contribution in [0.15, 0.2) is 40.8 Å². The maximum absolute atomic E-state index is 9.22. The normalized spacial score (nSPS) is 12.6. The van der Waals surface area contributed by atoms with Crippen LogP contribution in [0.5, 0.6) is 0 Å². The molecular weight excluding hydrogens is 250 g/mol. The van der Waals surface area contributed by atoms with Crippen LogP contribution in [0.4, 0.5) is 0 Å². The molecule has 3 heteroatoms. The molecule has 0 fully saturated rings. The molecule has 2 aromatic rings. The lowest BCUT2D eigenvalue weighted by atomic mass is 9.96. The molecule has 0 aliphatic carbocycles. The Morgan fingerprint density at radius 3 is 2.55 bits per heavy atom. The molecule has 2 rings (SSSR count). The van der Waals surface area contributed by atoms with Gasteiger partial charge in [-0.1, -0.05) is 30.3 Å². The minimum absolute atomic E-state index is 0.213. The van der Waals surface area contributed by atoms with Gasteiger partial charge in [0.05, 0.1) is 0 Å². The van der Waals surface area contributed by atoms with E-state index in [2.05, 4.69) is 23.5 Å². The van der Waals surface area contributed by atoms with Crippen molar-refractivity contribution in [3.05, 3.63) is 59.0 Å². The standard InChI is InChI=1S/C17H23NO2/c1-13-10-17(14(2)20-13)12-18-11-16(8-9-19)15-6-4-3-5-7-15/h3-7,10,16,18-19H,8-9,11-12H2,1-2H3. The number of benzene rings is 1. The fourth-order valence-corrected chi connectivity index (χ4v) is 2.51. The molecule has 0 aliphatic heterocycles. The van der Waals surface area contributed by atoms with Crippen LogP contribution < -0.4 is 5.32 Å². The van der Waals surface area contributed by atoms with Crippen LogP contribution in [-0.4, -0.2) is 18.3 Å². The molecule has 0 spiro atoms. The van der Waals surface area contributed by atoms with Gasteiger partial charge in [0.15, 0.2) is 0 Å². The van der Waals surface area contributed by atoms with E-state index in [1.54, 1.807) is 0 Å². The Hall–Kier alpha value is -1.58. The van der Waals surface area contributed by atoms with Crippen LogP contribution in [0, 0.1) is 13.8 Å². The van der Waals surface area contributed by atoms with E-state index in [0.29, 0.717) is 5.92 Å². The Balaban J connectivity index is 1.91. The summed E-state index contributed by atoms with van der Waals surface area (Å²) in [6, 6.07) is 12.4. The van der Waals surface area contributed by atoms with E-state index in [0.717, 1.165) is 31.0 Å². The molecule has 3 nitrogen and oxygen atoms in total. The zero-order chi connectivity index (χ0) is 14.4. The van der Waals surface area contributed by atoms with Gasteiger partial charge in [0.2, 0.25) is 0 Å². The molecule has 1 aromatic carbocycles. The highest BCUT2D eigenvalue weighted by Gasteiger charge is 2.11. The summed E-state index contributed by atoms with van der Waals surface area (Å²) in [5.41, 5.74) is 2.48. The summed E-state index contributed by atoms with van der Waals surface area (Å²) in [5.74, 6) is 2.28. The van der Waals surface area contributed by atoms with Crippen LogP contribution in [-0.2, 0) is 6.54 Å². The summed E-state index contributed by atoms with van der Waals surface area (Å²) in [6.07, 6.45) is 0.778. The monoisotopic (exact) mass is 273 g/mol. The molecule has 0 aliphatic rings. The topological polar surface area (TPSA) is 45.4 Å². The molecular formula is C17H23NO2. The van der Waals surface area contributed by atoms with Crippen molar-refractivity contribution in [1.82, 2.24) is 5.32 Å². The summed E-state index contributed by atoms with van der Waals surface area (Å²) in [6.45, 7) is 5.83. The molecule has 1 heterocycles. The maximum atomic E-state index is 9.22. The summed E-state index contributed by atoms with van der Waals surface area (Å²) in [4.78, 5) is 0. The van der Waals surface area contributed by atoms with Gasteiger partial charge < -0.3 is 14.8 Å². The molecule has 1 aromatic heterocycles. The molecule has 0 radical (unpaired) electrons. The summed E-state index contributed by atoms with van der Waals surface area (Å²) in [5, 5.41) is 12.7. The summed E-state index contributed by atoms with van der Waals surface area (Å²) in [7, 11) is 0. The van der Waals surface area contributed by atoms with Crippen molar-refractivity contribution in [3.8, 4) is 0 Å². The van der Waals surface area contributed by atoms with Crippen molar-refractivity contribution < 1.29 is 9.52 Å². The van der Waals surface area contributed by atoms with E-state index in [9.17, 15) is 5.11 Å². The summed E-state index contributed by atoms with van der Waals surface area (Å²) >= 11 is 0. The first-order chi connectivity index (χ1) is 9.70. The van der Waals surface area contributed by atoms with Gasteiger partial charge >= 0.3 is 0 Å². The Kier molecular flexibility index (Phi) is 5.39. The van der Waals surface area contributed by atoms with E-state index in [-0.39, 0.29) is 6.61 Å². The molecule has 0 saturated heterocycles. The van der Waals surface area contributed by atoms with Crippen LogP contribution in [0.2, 0.25) is 0 Å². The van der Waals surface area contributed by atoms with Crippen LogP contribution in [0.25, 0.3) is 0 Å². The Morgan fingerprint density at radius 2 is 1.95 bits per heavy atom. The number of hydrogen-bond acceptors (Lipinski definition) is 3. The number of aryl methyl sites for hydroxylation is 2. The molecule has 0 amide bonds. The minimum Gasteiger partial charge on any atom is -0.466 e. The molecule has 1 atom stereocenters. The lowest BCUT2D eigenvalue weighted by molar-refractivity contribution is 0.273. The van der Waals surface area contributed by atoms with Gasteiger partial charge in [-0.2, -0.15) is 0 Å². The summed E-state index contributed by atoms with van der Waals surface area (Å²) < 4.78 is 5.52. The van der Waals surface area contributed by atoms with Gasteiger partial charge in [-0.05, 0) is 37.8 Å². The van der Waals surface area contributed by atoms with Gasteiger partial charge in [0.1, 0.15) is 11.5 Å². The van der Waals surface area contributed by atoms with Crippen molar-refractivity contribution in [2.24, 2.45) is 0 Å². The lowest BCUT2D eigenvalue weighted by Gasteiger charge is -2.17. The number of rotatable bonds is 7. The molecule has 2 N–H and O–H groups in total. The van der Waals surface area contributed by atoms with Crippen molar-refractivity contribution in [1.29, 1.82) is 0 Å². The predicted molar refractivity (Wildman–Crippen MR) is 80.8 cm³/mol. The van der Waals surface area contributed by atoms with Gasteiger partial charge in [-0.15, -0.1) is 0 Å². The number of nitrogens with one attached hydrogen (secondary N) is 1. The highest BCUT2D eigenvalue weighted by molar-refractivity contribution is 5.21. The average Bonchev–Trinajstić information content (AvgIpc) is 2.77. The van der Waals surface area contributed by atoms with E-state index in [4.69, 9.17) is 4.42 Å². The van der Waals surface area contributed by atoms with E-state index in [1.165, 1.54) is 11.1 Å². The quantitative estimate of drug-likeness (QED) is 0.814. The number of furan rings is 1. The van der Waals surface area contributed by atoms with Crippen molar-refractivity contribution in [2.75, 3.05) is 13.2 Å². The SMILES string of the molecule is Cc1cc(CNCC(CCO)c2ccccc2)c(C)o1. The molecule has 108 valence electrons. The fraction of sp³-hybridized carbons (Fsp3) is 0.412. The first-order valence-electron chi connectivity index (χ1n) is 7.13. The average molecular weight is 273 g/mol. The van der Waals surface area contributed by atoms with Crippen LogP contribution >= 0.6 is 0 Å². The third kappa shape index (κ3) is 3.95. The van der Waals surface area contributed by atoms with Gasteiger partial charge in [0.25, 0.3) is 0 Å². The van der Waals surface area contributed by atoms with Crippen molar-refractivity contribution in [2.45, 2.75) is 32.7 Å². The zero-order valence-corrected chi connectivity index (χ0v) is 12.2. The number of aliphatic hydroxyl groups excluding tert-OH is 1. The van der Waals surface area contributed by atoms with Gasteiger partial charge in [0, 0.05) is 25.3 Å². The second-order valence-corrected chi connectivity index (χ2v) is 5.19. The second kappa shape index (κ2) is 7.27. The van der Waals surface area contributed by atoms with Crippen LogP contribution in [0.1, 0.15) is 35.0 Å². The first kappa shape index (κ1) is 14.8. The van der Waals surface area contributed by atoms with Crippen LogP contribution in [0.3, 0.4) is 0 Å². The minimum atomic E-state index is 0.213. The third-order valence-corrected chi connectivity index (χ3v) is 3.60. The highest BCUT2D eigenvalue weighted by Crippen LogP contribution is 2.19. The van der Waals surface area contributed by atoms with Crippen molar-refractivity contribution >= 4 is 0 Å². The fourth-order valence-electron chi connectivity index (χ4n) is 2.51. The maximum Gasteiger partial charge on any atom is 0.105 e. The highest BCUT2D eigenvalue weighted by atomic mass is 16.3. The van der Waals surface area contributed by atoms with E-state index in [1.807, 2.05) is 32.0 Å². The number of hydrogen-bond donors (Lipinski definition) is 2. The van der Waals surface area contributed by atoms with E-state index < -0.39 is 0 Å². The second-order valence-electron chi connectivity index (χ2n) is 5.19. The first-order valence-corrected chi connectivity index (χ1v) is 7.13. The smallest absolute Gasteiger partial charge is 0.105 e. The Labute approximate surface area is 120 Å². The third-order valence-electron chi connectivity index (χ3n) is 3.60. The zero-order valence-electron chi connectivity index (χ0n) is 12.2. The lowest BCUT2D eigenvalue weighted by Crippen LogP contribution is -2.22. The van der Waals surface area contributed by atoms with Gasteiger partial charge in [-0.25, -0.2) is 0 Å². The van der Waals surface area contributed by atoms with E-state index >= 15 is 0 Å². The number of aliphatic hydroxyl groups is 1. The molecule has 0 bridgehead atoms.